The molecule has 1 N–H and O–H groups in total. The minimum atomic E-state index is -0.762. The number of amides is 1. The van der Waals surface area contributed by atoms with Gasteiger partial charge >= 0.3 is 12.1 Å². The van der Waals surface area contributed by atoms with Crippen molar-refractivity contribution in [2.75, 3.05) is 13.1 Å². The molecule has 0 aromatic heterocycles. The number of carboxylic acid groups (broad SMARTS) is 1. The predicted octanol–water partition coefficient (Wildman–Crippen LogP) is 3.28. The Hall–Kier alpha value is -1.26. The summed E-state index contributed by atoms with van der Waals surface area (Å²) in [6.07, 6.45) is 6.29. The van der Waals surface area contributed by atoms with E-state index < -0.39 is 5.97 Å². The van der Waals surface area contributed by atoms with E-state index in [1.54, 1.807) is 4.90 Å². The largest absolute Gasteiger partial charge is 0.481 e. The molecule has 1 aliphatic heterocycles. The molecule has 5 nitrogen and oxygen atoms in total. The first-order valence-electron chi connectivity index (χ1n) is 7.73. The zero-order valence-electron chi connectivity index (χ0n) is 12.6. The quantitative estimate of drug-likeness (QED) is 0.729. The summed E-state index contributed by atoms with van der Waals surface area (Å²) in [5, 5.41) is 8.91. The summed E-state index contributed by atoms with van der Waals surface area (Å²) in [6.45, 7) is 5.06. The van der Waals surface area contributed by atoms with Crippen molar-refractivity contribution in [1.82, 2.24) is 4.90 Å². The van der Waals surface area contributed by atoms with Crippen LogP contribution in [0.3, 0.4) is 0 Å². The number of likely N-dealkylation sites (tertiary alicyclic amines) is 1. The lowest BCUT2D eigenvalue weighted by Crippen LogP contribution is -2.41. The zero-order chi connectivity index (χ0) is 15.0. The maximum absolute atomic E-state index is 11.9. The Morgan fingerprint density at radius 2 is 1.90 bits per heavy atom. The second kappa shape index (κ2) is 8.82. The van der Waals surface area contributed by atoms with Crippen LogP contribution in [0, 0.1) is 5.92 Å². The van der Waals surface area contributed by atoms with Gasteiger partial charge in [-0.2, -0.15) is 0 Å². The van der Waals surface area contributed by atoms with Crippen molar-refractivity contribution in [3.63, 3.8) is 0 Å². The molecule has 20 heavy (non-hydrogen) atoms. The van der Waals surface area contributed by atoms with E-state index in [2.05, 4.69) is 6.92 Å². The molecule has 0 aromatic rings. The number of nitrogens with zero attached hydrogens (tertiary/aromatic N) is 1. The molecule has 1 rings (SSSR count). The lowest BCUT2D eigenvalue weighted by atomic mass is 9.97. The van der Waals surface area contributed by atoms with Crippen LogP contribution in [0.5, 0.6) is 0 Å². The first kappa shape index (κ1) is 16.8. The van der Waals surface area contributed by atoms with Gasteiger partial charge in [0.15, 0.2) is 0 Å². The molecular formula is C15H27NO4. The van der Waals surface area contributed by atoms with Crippen molar-refractivity contribution in [3.8, 4) is 0 Å². The van der Waals surface area contributed by atoms with Crippen LogP contribution in [0.15, 0.2) is 0 Å². The number of unbranched alkanes of at least 4 members (excludes halogenated alkanes) is 3. The number of hydrogen-bond donors (Lipinski definition) is 1. The monoisotopic (exact) mass is 285 g/mol. The number of aliphatic carboxylic acids is 1. The fourth-order valence-corrected chi connectivity index (χ4v) is 2.47. The molecule has 1 aliphatic rings. The third-order valence-corrected chi connectivity index (χ3v) is 3.87. The lowest BCUT2D eigenvalue weighted by Gasteiger charge is -2.30. The number of carbonyl (C=O) groups is 2. The van der Waals surface area contributed by atoms with Gasteiger partial charge in [0, 0.05) is 13.1 Å². The molecule has 1 atom stereocenters. The minimum absolute atomic E-state index is 0.0587. The van der Waals surface area contributed by atoms with Crippen molar-refractivity contribution < 1.29 is 19.4 Å². The summed E-state index contributed by atoms with van der Waals surface area (Å²) < 4.78 is 5.41. The highest BCUT2D eigenvalue weighted by atomic mass is 16.6. The molecule has 0 unspecified atom stereocenters. The highest BCUT2D eigenvalue weighted by Gasteiger charge is 2.28. The van der Waals surface area contributed by atoms with Gasteiger partial charge in [0.25, 0.3) is 0 Å². The van der Waals surface area contributed by atoms with E-state index in [1.165, 1.54) is 19.3 Å². The fraction of sp³-hybridized carbons (Fsp3) is 0.867. The summed E-state index contributed by atoms with van der Waals surface area (Å²) in [4.78, 5) is 24.4. The fourth-order valence-electron chi connectivity index (χ4n) is 2.47. The number of rotatable bonds is 7. The van der Waals surface area contributed by atoms with E-state index in [4.69, 9.17) is 9.84 Å². The standard InChI is InChI=1S/C15H27NO4/c1-3-4-5-6-7-12(2)20-15(19)16-10-8-13(9-11-16)14(17)18/h12-13H,3-11H2,1-2H3,(H,17,18)/t12-/m0/s1. The van der Waals surface area contributed by atoms with E-state index in [-0.39, 0.29) is 18.1 Å². The van der Waals surface area contributed by atoms with Crippen molar-refractivity contribution in [3.05, 3.63) is 0 Å². The molecule has 1 amide bonds. The number of piperidine rings is 1. The van der Waals surface area contributed by atoms with E-state index in [0.717, 1.165) is 12.8 Å². The van der Waals surface area contributed by atoms with Gasteiger partial charge in [-0.05, 0) is 32.6 Å². The normalized spacial score (nSPS) is 17.8. The minimum Gasteiger partial charge on any atom is -0.481 e. The van der Waals surface area contributed by atoms with Crippen LogP contribution in [-0.2, 0) is 9.53 Å². The first-order valence-corrected chi connectivity index (χ1v) is 7.73. The molecule has 1 heterocycles. The van der Waals surface area contributed by atoms with E-state index >= 15 is 0 Å². The van der Waals surface area contributed by atoms with Gasteiger partial charge in [-0.3, -0.25) is 4.79 Å². The first-order chi connectivity index (χ1) is 9.54. The van der Waals surface area contributed by atoms with Crippen molar-refractivity contribution >= 4 is 12.1 Å². The Kier molecular flexibility index (Phi) is 7.41. The maximum atomic E-state index is 11.9. The van der Waals surface area contributed by atoms with Crippen LogP contribution in [0.4, 0.5) is 4.79 Å². The van der Waals surface area contributed by atoms with E-state index in [0.29, 0.717) is 25.9 Å². The Balaban J connectivity index is 2.21. The number of ether oxygens (including phenoxy) is 1. The second-order valence-corrected chi connectivity index (χ2v) is 5.64. The van der Waals surface area contributed by atoms with E-state index in [9.17, 15) is 9.59 Å². The Morgan fingerprint density at radius 1 is 1.25 bits per heavy atom. The van der Waals surface area contributed by atoms with Gasteiger partial charge in [-0.25, -0.2) is 4.79 Å². The molecule has 116 valence electrons. The summed E-state index contributed by atoms with van der Waals surface area (Å²) in [5.41, 5.74) is 0. The van der Waals surface area contributed by atoms with Crippen molar-refractivity contribution in [1.29, 1.82) is 0 Å². The van der Waals surface area contributed by atoms with Gasteiger partial charge in [-0.15, -0.1) is 0 Å². The topological polar surface area (TPSA) is 66.8 Å². The molecule has 0 aromatic carbocycles. The molecule has 5 heteroatoms. The zero-order valence-corrected chi connectivity index (χ0v) is 12.6. The van der Waals surface area contributed by atoms with Crippen LogP contribution in [0.1, 0.15) is 58.8 Å². The average Bonchev–Trinajstić information content (AvgIpc) is 2.43. The van der Waals surface area contributed by atoms with Crippen LogP contribution in [0.25, 0.3) is 0 Å². The smallest absolute Gasteiger partial charge is 0.410 e. The van der Waals surface area contributed by atoms with Crippen LogP contribution < -0.4 is 0 Å². The third kappa shape index (κ3) is 5.80. The third-order valence-electron chi connectivity index (χ3n) is 3.87. The van der Waals surface area contributed by atoms with Crippen molar-refractivity contribution in [2.24, 2.45) is 5.92 Å². The maximum Gasteiger partial charge on any atom is 0.410 e. The molecule has 0 spiro atoms. The van der Waals surface area contributed by atoms with Crippen LogP contribution in [0.2, 0.25) is 0 Å². The molecular weight excluding hydrogens is 258 g/mol. The Morgan fingerprint density at radius 3 is 2.45 bits per heavy atom. The Bertz CT molecular complexity index is 311. The molecule has 0 saturated carbocycles. The molecule has 1 saturated heterocycles. The summed E-state index contributed by atoms with van der Waals surface area (Å²) in [6, 6.07) is 0. The lowest BCUT2D eigenvalue weighted by molar-refractivity contribution is -0.143. The number of hydrogen-bond acceptors (Lipinski definition) is 3. The molecule has 0 bridgehead atoms. The van der Waals surface area contributed by atoms with E-state index in [1.807, 2.05) is 6.92 Å². The molecule has 0 aliphatic carbocycles. The average molecular weight is 285 g/mol. The van der Waals surface area contributed by atoms with Crippen molar-refractivity contribution in [2.45, 2.75) is 64.9 Å². The molecule has 0 radical (unpaired) electrons. The highest BCUT2D eigenvalue weighted by molar-refractivity contribution is 5.71. The van der Waals surface area contributed by atoms with Gasteiger partial charge in [0.1, 0.15) is 6.10 Å². The molecule has 1 fully saturated rings. The highest BCUT2D eigenvalue weighted by Crippen LogP contribution is 2.18. The second-order valence-electron chi connectivity index (χ2n) is 5.64. The number of carboxylic acids is 1. The van der Waals surface area contributed by atoms with Gasteiger partial charge < -0.3 is 14.7 Å². The van der Waals surface area contributed by atoms with Crippen LogP contribution >= 0.6 is 0 Å². The Labute approximate surface area is 121 Å². The predicted molar refractivity (Wildman–Crippen MR) is 76.6 cm³/mol. The SMILES string of the molecule is CCCCCC[C@H](C)OC(=O)N1CCC(C(=O)O)CC1. The van der Waals surface area contributed by atoms with Gasteiger partial charge in [0.05, 0.1) is 5.92 Å². The summed E-state index contributed by atoms with van der Waals surface area (Å²) in [5.74, 6) is -1.08. The number of carbonyl (C=O) groups excluding carboxylic acids is 1. The summed E-state index contributed by atoms with van der Waals surface area (Å²) in [7, 11) is 0. The van der Waals surface area contributed by atoms with Gasteiger partial charge in [-0.1, -0.05) is 26.2 Å². The van der Waals surface area contributed by atoms with Crippen LogP contribution in [-0.4, -0.2) is 41.3 Å². The van der Waals surface area contributed by atoms with Gasteiger partial charge in [0.2, 0.25) is 0 Å². The summed E-state index contributed by atoms with van der Waals surface area (Å²) >= 11 is 0.